The lowest BCUT2D eigenvalue weighted by atomic mass is 9.72. The number of carboxylic acid groups (broad SMARTS) is 1. The van der Waals surface area contributed by atoms with Gasteiger partial charge in [-0.25, -0.2) is 0 Å². The molecule has 110 valence electrons. The van der Waals surface area contributed by atoms with Crippen LogP contribution in [0.5, 0.6) is 0 Å². The fraction of sp³-hybridized carbons (Fsp3) is 0.857. The maximum absolute atomic E-state index is 12.8. The van der Waals surface area contributed by atoms with Crippen molar-refractivity contribution in [2.24, 2.45) is 11.1 Å². The lowest BCUT2D eigenvalue weighted by Crippen LogP contribution is -2.56. The third-order valence-corrected chi connectivity index (χ3v) is 4.00. The Kier molecular flexibility index (Phi) is 4.96. The topological polar surface area (TPSA) is 83.6 Å². The van der Waals surface area contributed by atoms with E-state index in [4.69, 9.17) is 10.8 Å². The minimum atomic E-state index is -0.980. The minimum Gasteiger partial charge on any atom is -0.480 e. The van der Waals surface area contributed by atoms with Gasteiger partial charge >= 0.3 is 5.97 Å². The molecular weight excluding hydrogens is 244 g/mol. The number of carbonyl (C=O) groups is 2. The molecule has 0 radical (unpaired) electrons. The molecule has 0 aromatic carbocycles. The number of nitrogens with zero attached hydrogens (tertiary/aromatic N) is 1. The average Bonchev–Trinajstić information content (AvgIpc) is 2.34. The van der Waals surface area contributed by atoms with Crippen molar-refractivity contribution in [2.75, 3.05) is 13.1 Å². The van der Waals surface area contributed by atoms with Crippen molar-refractivity contribution in [3.05, 3.63) is 0 Å². The fourth-order valence-electron chi connectivity index (χ4n) is 2.77. The molecule has 0 aromatic rings. The smallest absolute Gasteiger partial charge is 0.323 e. The Morgan fingerprint density at radius 2 is 1.74 bits per heavy atom. The Morgan fingerprint density at radius 1 is 1.21 bits per heavy atom. The van der Waals surface area contributed by atoms with E-state index in [9.17, 15) is 9.59 Å². The van der Waals surface area contributed by atoms with Gasteiger partial charge in [0, 0.05) is 12.1 Å². The van der Waals surface area contributed by atoms with Gasteiger partial charge in [0.2, 0.25) is 5.91 Å². The summed E-state index contributed by atoms with van der Waals surface area (Å²) >= 11 is 0. The van der Waals surface area contributed by atoms with E-state index in [1.165, 1.54) is 4.90 Å². The summed E-state index contributed by atoms with van der Waals surface area (Å²) in [5.41, 5.74) is 4.80. The lowest BCUT2D eigenvalue weighted by Gasteiger charge is -2.43. The van der Waals surface area contributed by atoms with Gasteiger partial charge in [-0.05, 0) is 33.6 Å². The van der Waals surface area contributed by atoms with Crippen molar-refractivity contribution < 1.29 is 14.7 Å². The summed E-state index contributed by atoms with van der Waals surface area (Å²) in [6.07, 6.45) is 4.66. The molecule has 1 rings (SSSR count). The van der Waals surface area contributed by atoms with E-state index in [1.54, 1.807) is 0 Å². The highest BCUT2D eigenvalue weighted by molar-refractivity contribution is 5.87. The predicted molar refractivity (Wildman–Crippen MR) is 73.7 cm³/mol. The first-order valence-electron chi connectivity index (χ1n) is 6.97. The van der Waals surface area contributed by atoms with Crippen molar-refractivity contribution in [1.82, 2.24) is 4.90 Å². The quantitative estimate of drug-likeness (QED) is 0.813. The second-order valence-electron chi connectivity index (χ2n) is 6.50. The van der Waals surface area contributed by atoms with E-state index in [0.29, 0.717) is 6.54 Å². The Bertz CT molecular complexity index is 341. The summed E-state index contributed by atoms with van der Waals surface area (Å²) in [7, 11) is 0. The molecule has 5 heteroatoms. The number of rotatable bonds is 4. The highest BCUT2D eigenvalue weighted by atomic mass is 16.4. The first-order valence-corrected chi connectivity index (χ1v) is 6.97. The number of nitrogens with two attached hydrogens (primary N) is 1. The van der Waals surface area contributed by atoms with Crippen LogP contribution < -0.4 is 5.73 Å². The van der Waals surface area contributed by atoms with Crippen LogP contribution in [0.4, 0.5) is 0 Å². The molecule has 19 heavy (non-hydrogen) atoms. The fourth-order valence-corrected chi connectivity index (χ4v) is 2.77. The molecule has 3 N–H and O–H groups in total. The first-order chi connectivity index (χ1) is 8.73. The monoisotopic (exact) mass is 270 g/mol. The van der Waals surface area contributed by atoms with E-state index in [1.807, 2.05) is 20.8 Å². The maximum atomic E-state index is 12.8. The maximum Gasteiger partial charge on any atom is 0.323 e. The van der Waals surface area contributed by atoms with E-state index in [2.05, 4.69) is 0 Å². The van der Waals surface area contributed by atoms with Gasteiger partial charge in [0.15, 0.2) is 0 Å². The van der Waals surface area contributed by atoms with E-state index in [0.717, 1.165) is 32.1 Å². The number of hydrogen-bond acceptors (Lipinski definition) is 3. The van der Waals surface area contributed by atoms with Gasteiger partial charge in [0.1, 0.15) is 6.54 Å². The molecule has 0 aromatic heterocycles. The van der Waals surface area contributed by atoms with Crippen LogP contribution in [0.2, 0.25) is 0 Å². The third kappa shape index (κ3) is 3.69. The van der Waals surface area contributed by atoms with Crippen LogP contribution in [0.3, 0.4) is 0 Å². The highest BCUT2D eigenvalue weighted by Crippen LogP contribution is 2.38. The van der Waals surface area contributed by atoms with Crippen molar-refractivity contribution >= 4 is 11.9 Å². The molecule has 0 heterocycles. The molecule has 0 saturated heterocycles. The highest BCUT2D eigenvalue weighted by Gasteiger charge is 2.44. The standard InChI is InChI=1S/C14H26N2O3/c1-13(2,3)16(9-11(17)18)12(19)14(10-15)7-5-4-6-8-14/h4-10,15H2,1-3H3,(H,17,18). The summed E-state index contributed by atoms with van der Waals surface area (Å²) in [5, 5.41) is 9.03. The Balaban J connectivity index is 2.99. The van der Waals surface area contributed by atoms with Crippen LogP contribution >= 0.6 is 0 Å². The van der Waals surface area contributed by atoms with Crippen LogP contribution in [-0.4, -0.2) is 40.5 Å². The molecule has 0 atom stereocenters. The van der Waals surface area contributed by atoms with Crippen molar-refractivity contribution in [2.45, 2.75) is 58.4 Å². The molecule has 0 unspecified atom stereocenters. The zero-order chi connectivity index (χ0) is 14.7. The zero-order valence-electron chi connectivity index (χ0n) is 12.2. The summed E-state index contributed by atoms with van der Waals surface area (Å²) in [4.78, 5) is 25.3. The molecule has 1 fully saturated rings. The summed E-state index contributed by atoms with van der Waals surface area (Å²) in [6, 6.07) is 0. The number of hydrogen-bond donors (Lipinski definition) is 2. The average molecular weight is 270 g/mol. The Morgan fingerprint density at radius 3 is 2.11 bits per heavy atom. The summed E-state index contributed by atoms with van der Waals surface area (Å²) in [5.74, 6) is -1.07. The molecule has 1 amide bonds. The second kappa shape index (κ2) is 5.90. The van der Waals surface area contributed by atoms with Crippen LogP contribution in [0.15, 0.2) is 0 Å². The van der Waals surface area contributed by atoms with Crippen molar-refractivity contribution in [1.29, 1.82) is 0 Å². The molecule has 1 aliphatic carbocycles. The van der Waals surface area contributed by atoms with Crippen LogP contribution in [0.25, 0.3) is 0 Å². The Labute approximate surface area is 115 Å². The second-order valence-corrected chi connectivity index (χ2v) is 6.50. The van der Waals surface area contributed by atoms with E-state index in [-0.39, 0.29) is 12.5 Å². The van der Waals surface area contributed by atoms with Gasteiger partial charge in [0.05, 0.1) is 5.41 Å². The van der Waals surface area contributed by atoms with E-state index < -0.39 is 16.9 Å². The predicted octanol–water partition coefficient (Wildman–Crippen LogP) is 1.61. The zero-order valence-corrected chi connectivity index (χ0v) is 12.2. The Hall–Kier alpha value is -1.10. The van der Waals surface area contributed by atoms with Crippen LogP contribution in [-0.2, 0) is 9.59 Å². The molecule has 0 bridgehead atoms. The van der Waals surface area contributed by atoms with Gasteiger partial charge < -0.3 is 15.7 Å². The molecule has 0 aliphatic heterocycles. The summed E-state index contributed by atoms with van der Waals surface area (Å²) < 4.78 is 0. The van der Waals surface area contributed by atoms with E-state index >= 15 is 0 Å². The minimum absolute atomic E-state index is 0.0930. The van der Waals surface area contributed by atoms with Gasteiger partial charge in [-0.3, -0.25) is 9.59 Å². The van der Waals surface area contributed by atoms with Gasteiger partial charge in [-0.2, -0.15) is 0 Å². The van der Waals surface area contributed by atoms with Crippen molar-refractivity contribution in [3.63, 3.8) is 0 Å². The SMILES string of the molecule is CC(C)(C)N(CC(=O)O)C(=O)C1(CN)CCCCC1. The van der Waals surface area contributed by atoms with Gasteiger partial charge in [-0.15, -0.1) is 0 Å². The van der Waals surface area contributed by atoms with Crippen LogP contribution in [0.1, 0.15) is 52.9 Å². The molecule has 1 saturated carbocycles. The normalized spacial score (nSPS) is 18.9. The molecule has 1 aliphatic rings. The summed E-state index contributed by atoms with van der Waals surface area (Å²) in [6.45, 7) is 5.63. The molecule has 5 nitrogen and oxygen atoms in total. The number of carbonyl (C=O) groups excluding carboxylic acids is 1. The van der Waals surface area contributed by atoms with Crippen molar-refractivity contribution in [3.8, 4) is 0 Å². The van der Waals surface area contributed by atoms with Gasteiger partial charge in [0.25, 0.3) is 0 Å². The molecule has 0 spiro atoms. The van der Waals surface area contributed by atoms with Crippen LogP contribution in [0, 0.1) is 5.41 Å². The van der Waals surface area contributed by atoms with Gasteiger partial charge in [-0.1, -0.05) is 19.3 Å². The third-order valence-electron chi connectivity index (χ3n) is 4.00. The number of aliphatic carboxylic acids is 1. The number of amides is 1. The molecular formula is C14H26N2O3. The largest absolute Gasteiger partial charge is 0.480 e. The number of carboxylic acids is 1. The lowest BCUT2D eigenvalue weighted by molar-refractivity contribution is -0.156. The first kappa shape index (κ1) is 16.0.